The van der Waals surface area contributed by atoms with Gasteiger partial charge in [-0.05, 0) is 31.0 Å². The van der Waals surface area contributed by atoms with E-state index in [9.17, 15) is 4.79 Å². The topological polar surface area (TPSA) is 55.1 Å². The standard InChI is InChI=1S/C16H25BrN2O/c1-3-4-5-6-7-8-9-15(20)19-16-12(2)10-13(17)11-14(16)18/h10-11H,3-9,18H2,1-2H3,(H,19,20). The summed E-state index contributed by atoms with van der Waals surface area (Å²) in [7, 11) is 0. The van der Waals surface area contributed by atoms with Gasteiger partial charge in [0.25, 0.3) is 0 Å². The van der Waals surface area contributed by atoms with Gasteiger partial charge in [-0.1, -0.05) is 55.0 Å². The van der Waals surface area contributed by atoms with Crippen LogP contribution in [0.2, 0.25) is 0 Å². The van der Waals surface area contributed by atoms with Gasteiger partial charge in [-0.3, -0.25) is 4.79 Å². The molecule has 0 saturated heterocycles. The molecule has 0 aromatic heterocycles. The molecule has 1 aromatic rings. The lowest BCUT2D eigenvalue weighted by Crippen LogP contribution is -2.13. The van der Waals surface area contributed by atoms with Crippen molar-refractivity contribution in [3.05, 3.63) is 22.2 Å². The molecule has 0 unspecified atom stereocenters. The number of nitrogens with two attached hydrogens (primary N) is 1. The quantitative estimate of drug-likeness (QED) is 0.515. The maximum atomic E-state index is 11.9. The van der Waals surface area contributed by atoms with Gasteiger partial charge in [0.05, 0.1) is 11.4 Å². The van der Waals surface area contributed by atoms with Crippen molar-refractivity contribution in [1.29, 1.82) is 0 Å². The highest BCUT2D eigenvalue weighted by Crippen LogP contribution is 2.28. The Morgan fingerprint density at radius 1 is 1.20 bits per heavy atom. The van der Waals surface area contributed by atoms with Crippen LogP contribution >= 0.6 is 15.9 Å². The van der Waals surface area contributed by atoms with Gasteiger partial charge >= 0.3 is 0 Å². The molecular weight excluding hydrogens is 316 g/mol. The van der Waals surface area contributed by atoms with E-state index in [-0.39, 0.29) is 5.91 Å². The fraction of sp³-hybridized carbons (Fsp3) is 0.562. The van der Waals surface area contributed by atoms with Crippen LogP contribution in [-0.4, -0.2) is 5.91 Å². The van der Waals surface area contributed by atoms with Gasteiger partial charge in [0.2, 0.25) is 5.91 Å². The van der Waals surface area contributed by atoms with E-state index in [0.29, 0.717) is 12.1 Å². The third-order valence-corrected chi connectivity index (χ3v) is 3.81. The zero-order valence-electron chi connectivity index (χ0n) is 12.5. The predicted molar refractivity (Wildman–Crippen MR) is 89.9 cm³/mol. The van der Waals surface area contributed by atoms with Crippen molar-refractivity contribution < 1.29 is 4.79 Å². The number of hydrogen-bond donors (Lipinski definition) is 2. The number of hydrogen-bond acceptors (Lipinski definition) is 2. The van der Waals surface area contributed by atoms with Crippen LogP contribution < -0.4 is 11.1 Å². The van der Waals surface area contributed by atoms with E-state index in [2.05, 4.69) is 28.2 Å². The summed E-state index contributed by atoms with van der Waals surface area (Å²) < 4.78 is 0.932. The van der Waals surface area contributed by atoms with E-state index < -0.39 is 0 Å². The number of halogens is 1. The van der Waals surface area contributed by atoms with Crippen molar-refractivity contribution in [1.82, 2.24) is 0 Å². The fourth-order valence-corrected chi connectivity index (χ4v) is 2.80. The summed E-state index contributed by atoms with van der Waals surface area (Å²) in [5.74, 6) is 0.0533. The Balaban J connectivity index is 2.36. The minimum Gasteiger partial charge on any atom is -0.397 e. The number of amides is 1. The summed E-state index contributed by atoms with van der Waals surface area (Å²) in [5, 5.41) is 2.92. The second kappa shape index (κ2) is 9.01. The monoisotopic (exact) mass is 340 g/mol. The molecule has 0 atom stereocenters. The van der Waals surface area contributed by atoms with Crippen LogP contribution in [0.25, 0.3) is 0 Å². The maximum Gasteiger partial charge on any atom is 0.224 e. The molecule has 1 rings (SSSR count). The van der Waals surface area contributed by atoms with Crippen LogP contribution in [0.3, 0.4) is 0 Å². The number of nitrogens with one attached hydrogen (secondary N) is 1. The molecule has 112 valence electrons. The first-order chi connectivity index (χ1) is 9.54. The Kier molecular flexibility index (Phi) is 7.67. The molecule has 1 amide bonds. The highest BCUT2D eigenvalue weighted by Gasteiger charge is 2.08. The van der Waals surface area contributed by atoms with Crippen LogP contribution in [0.15, 0.2) is 16.6 Å². The van der Waals surface area contributed by atoms with Crippen LogP contribution in [-0.2, 0) is 4.79 Å². The average Bonchev–Trinajstić information content (AvgIpc) is 2.38. The largest absolute Gasteiger partial charge is 0.397 e. The summed E-state index contributed by atoms with van der Waals surface area (Å²) in [5.41, 5.74) is 8.26. The molecule has 4 heteroatoms. The number of carbonyl (C=O) groups is 1. The molecule has 0 spiro atoms. The first-order valence-electron chi connectivity index (χ1n) is 7.40. The van der Waals surface area contributed by atoms with Crippen LogP contribution in [0, 0.1) is 6.92 Å². The van der Waals surface area contributed by atoms with Crippen molar-refractivity contribution in [2.75, 3.05) is 11.1 Å². The number of nitrogen functional groups attached to an aromatic ring is 1. The van der Waals surface area contributed by atoms with Gasteiger partial charge in [-0.15, -0.1) is 0 Å². The molecule has 0 bridgehead atoms. The van der Waals surface area contributed by atoms with E-state index in [1.807, 2.05) is 19.1 Å². The van der Waals surface area contributed by atoms with Gasteiger partial charge in [-0.2, -0.15) is 0 Å². The molecule has 0 aliphatic heterocycles. The number of benzene rings is 1. The van der Waals surface area contributed by atoms with Crippen molar-refractivity contribution in [3.8, 4) is 0 Å². The number of rotatable bonds is 8. The lowest BCUT2D eigenvalue weighted by Gasteiger charge is -2.12. The highest BCUT2D eigenvalue weighted by atomic mass is 79.9. The molecule has 0 heterocycles. The second-order valence-electron chi connectivity index (χ2n) is 5.25. The molecule has 0 aliphatic rings. The molecule has 0 saturated carbocycles. The van der Waals surface area contributed by atoms with Crippen molar-refractivity contribution in [3.63, 3.8) is 0 Å². The van der Waals surface area contributed by atoms with Crippen molar-refractivity contribution in [2.45, 2.75) is 58.8 Å². The summed E-state index contributed by atoms with van der Waals surface area (Å²) in [4.78, 5) is 11.9. The molecule has 3 nitrogen and oxygen atoms in total. The van der Waals surface area contributed by atoms with Gasteiger partial charge in [-0.25, -0.2) is 0 Å². The first kappa shape index (κ1) is 17.0. The second-order valence-corrected chi connectivity index (χ2v) is 6.17. The molecule has 0 radical (unpaired) electrons. The van der Waals surface area contributed by atoms with Gasteiger partial charge in [0.15, 0.2) is 0 Å². The number of carbonyl (C=O) groups excluding carboxylic acids is 1. The van der Waals surface area contributed by atoms with E-state index in [1.54, 1.807) is 0 Å². The zero-order chi connectivity index (χ0) is 15.0. The summed E-state index contributed by atoms with van der Waals surface area (Å²) in [6.45, 7) is 4.15. The van der Waals surface area contributed by atoms with Gasteiger partial charge in [0, 0.05) is 10.9 Å². The van der Waals surface area contributed by atoms with Crippen molar-refractivity contribution in [2.24, 2.45) is 0 Å². The van der Waals surface area contributed by atoms with E-state index in [4.69, 9.17) is 5.73 Å². The highest BCUT2D eigenvalue weighted by molar-refractivity contribution is 9.10. The SMILES string of the molecule is CCCCCCCCC(=O)Nc1c(C)cc(Br)cc1N. The van der Waals surface area contributed by atoms with E-state index in [1.165, 1.54) is 25.7 Å². The Bertz CT molecular complexity index is 423. The lowest BCUT2D eigenvalue weighted by molar-refractivity contribution is -0.116. The molecular formula is C16H25BrN2O. The minimum absolute atomic E-state index is 0.0533. The number of unbranched alkanes of at least 4 members (excludes halogenated alkanes) is 5. The van der Waals surface area contributed by atoms with Crippen LogP contribution in [0.4, 0.5) is 11.4 Å². The smallest absolute Gasteiger partial charge is 0.224 e. The van der Waals surface area contributed by atoms with Gasteiger partial charge in [0.1, 0.15) is 0 Å². The predicted octanol–water partition coefficient (Wildman–Crippen LogP) is 5.03. The molecule has 20 heavy (non-hydrogen) atoms. The van der Waals surface area contributed by atoms with Gasteiger partial charge < -0.3 is 11.1 Å². The third-order valence-electron chi connectivity index (χ3n) is 3.35. The maximum absolute atomic E-state index is 11.9. The number of aryl methyl sites for hydroxylation is 1. The molecule has 0 fully saturated rings. The Morgan fingerprint density at radius 2 is 1.85 bits per heavy atom. The Labute approximate surface area is 130 Å². The summed E-state index contributed by atoms with van der Waals surface area (Å²) in [6, 6.07) is 3.77. The van der Waals surface area contributed by atoms with Crippen LogP contribution in [0.1, 0.15) is 57.4 Å². The van der Waals surface area contributed by atoms with Crippen LogP contribution in [0.5, 0.6) is 0 Å². The van der Waals surface area contributed by atoms with E-state index in [0.717, 1.165) is 28.6 Å². The first-order valence-corrected chi connectivity index (χ1v) is 8.19. The molecule has 3 N–H and O–H groups in total. The average molecular weight is 341 g/mol. The summed E-state index contributed by atoms with van der Waals surface area (Å²) in [6.07, 6.45) is 7.69. The van der Waals surface area contributed by atoms with Crippen molar-refractivity contribution >= 4 is 33.2 Å². The summed E-state index contributed by atoms with van der Waals surface area (Å²) >= 11 is 3.39. The Morgan fingerprint density at radius 3 is 2.50 bits per heavy atom. The Hall–Kier alpha value is -1.03. The molecule has 0 aliphatic carbocycles. The number of anilines is 2. The zero-order valence-corrected chi connectivity index (χ0v) is 14.1. The fourth-order valence-electron chi connectivity index (χ4n) is 2.21. The minimum atomic E-state index is 0.0533. The normalized spacial score (nSPS) is 10.6. The van der Waals surface area contributed by atoms with E-state index >= 15 is 0 Å². The third kappa shape index (κ3) is 5.95. The molecule has 1 aromatic carbocycles. The lowest BCUT2D eigenvalue weighted by atomic mass is 10.1.